The van der Waals surface area contributed by atoms with Gasteiger partial charge < -0.3 is 14.8 Å². The van der Waals surface area contributed by atoms with Crippen LogP contribution in [0.3, 0.4) is 0 Å². The maximum Gasteiger partial charge on any atom is 0.226 e. The Hall–Kier alpha value is -3.32. The predicted octanol–water partition coefficient (Wildman–Crippen LogP) is 4.64. The lowest BCUT2D eigenvalue weighted by Crippen LogP contribution is -2.31. The molecule has 7 nitrogen and oxygen atoms in total. The Labute approximate surface area is 184 Å². The van der Waals surface area contributed by atoms with E-state index in [0.29, 0.717) is 34.7 Å². The molecule has 0 fully saturated rings. The van der Waals surface area contributed by atoms with Crippen molar-refractivity contribution >= 4 is 23.3 Å². The molecule has 0 unspecified atom stereocenters. The molecule has 0 saturated heterocycles. The Bertz CT molecular complexity index is 1220. The molecule has 2 heterocycles. The van der Waals surface area contributed by atoms with E-state index in [0.717, 1.165) is 35.2 Å². The first-order valence-corrected chi connectivity index (χ1v) is 10.4. The Morgan fingerprint density at radius 1 is 1.10 bits per heavy atom. The molecule has 0 saturated carbocycles. The maximum absolute atomic E-state index is 13.0. The third kappa shape index (κ3) is 3.35. The van der Waals surface area contributed by atoms with Gasteiger partial charge in [-0.25, -0.2) is 4.68 Å². The number of carbonyl (C=O) groups is 1. The number of rotatable bonds is 4. The highest BCUT2D eigenvalue weighted by atomic mass is 35.5. The molecule has 8 heteroatoms. The van der Waals surface area contributed by atoms with E-state index in [9.17, 15) is 4.79 Å². The van der Waals surface area contributed by atoms with Crippen LogP contribution in [-0.4, -0.2) is 34.8 Å². The van der Waals surface area contributed by atoms with Gasteiger partial charge in [0, 0.05) is 28.3 Å². The van der Waals surface area contributed by atoms with Crippen molar-refractivity contribution in [2.45, 2.75) is 25.3 Å². The molecule has 1 N–H and O–H groups in total. The lowest BCUT2D eigenvalue weighted by molar-refractivity contribution is -0.116. The number of benzene rings is 2. The summed E-state index contributed by atoms with van der Waals surface area (Å²) in [6.45, 7) is 0. The summed E-state index contributed by atoms with van der Waals surface area (Å²) in [6.07, 6.45) is 2.14. The van der Waals surface area contributed by atoms with E-state index < -0.39 is 6.04 Å². The fraction of sp³-hybridized carbons (Fsp3) is 0.261. The number of nitrogens with one attached hydrogen (secondary N) is 1. The van der Waals surface area contributed by atoms with Crippen molar-refractivity contribution in [2.24, 2.45) is 0 Å². The Morgan fingerprint density at radius 3 is 2.71 bits per heavy atom. The van der Waals surface area contributed by atoms with Gasteiger partial charge in [0.25, 0.3) is 0 Å². The molecule has 3 aromatic rings. The lowest BCUT2D eigenvalue weighted by atomic mass is 9.85. The van der Waals surface area contributed by atoms with Crippen molar-refractivity contribution in [1.82, 2.24) is 14.8 Å². The quantitative estimate of drug-likeness (QED) is 0.642. The van der Waals surface area contributed by atoms with Gasteiger partial charge in [-0.05, 0) is 42.7 Å². The zero-order chi connectivity index (χ0) is 21.5. The number of carbonyl (C=O) groups excluding carboxylic acids is 1. The summed E-state index contributed by atoms with van der Waals surface area (Å²) in [4.78, 5) is 17.7. The first kappa shape index (κ1) is 19.6. The summed E-state index contributed by atoms with van der Waals surface area (Å²) < 4.78 is 12.7. The van der Waals surface area contributed by atoms with Gasteiger partial charge in [0.05, 0.1) is 14.2 Å². The van der Waals surface area contributed by atoms with Crippen molar-refractivity contribution in [3.8, 4) is 22.9 Å². The van der Waals surface area contributed by atoms with Crippen molar-refractivity contribution in [3.05, 3.63) is 64.3 Å². The summed E-state index contributed by atoms with van der Waals surface area (Å²) in [6, 6.07) is 12.7. The lowest BCUT2D eigenvalue weighted by Gasteiger charge is -2.32. The van der Waals surface area contributed by atoms with Crippen LogP contribution in [0.4, 0.5) is 5.95 Å². The van der Waals surface area contributed by atoms with E-state index in [2.05, 4.69) is 5.32 Å². The summed E-state index contributed by atoms with van der Waals surface area (Å²) in [5.41, 5.74) is 3.33. The molecular weight excluding hydrogens is 416 g/mol. The number of anilines is 1. The normalized spacial score (nSPS) is 17.6. The molecule has 1 aliphatic carbocycles. The Balaban J connectivity index is 1.68. The Morgan fingerprint density at radius 2 is 1.94 bits per heavy atom. The molecular formula is C23H21ClN4O3. The first-order valence-electron chi connectivity index (χ1n) is 10.1. The number of ether oxygens (including phenoxy) is 2. The molecule has 0 amide bonds. The molecule has 31 heavy (non-hydrogen) atoms. The van der Waals surface area contributed by atoms with E-state index in [1.165, 1.54) is 0 Å². The number of allylic oxidation sites excluding steroid dienone is 2. The molecule has 0 radical (unpaired) electrons. The second-order valence-corrected chi connectivity index (χ2v) is 7.96. The van der Waals surface area contributed by atoms with Gasteiger partial charge in [0.15, 0.2) is 23.1 Å². The third-order valence-electron chi connectivity index (χ3n) is 5.67. The van der Waals surface area contributed by atoms with Crippen LogP contribution < -0.4 is 14.8 Å². The third-order valence-corrected chi connectivity index (χ3v) is 5.91. The minimum atomic E-state index is -0.403. The smallest absolute Gasteiger partial charge is 0.226 e. The minimum Gasteiger partial charge on any atom is -0.493 e. The number of hydrogen-bond donors (Lipinski definition) is 1. The van der Waals surface area contributed by atoms with Crippen molar-refractivity contribution in [2.75, 3.05) is 19.5 Å². The second-order valence-electron chi connectivity index (χ2n) is 7.52. The number of methoxy groups -OCH3 is 2. The highest BCUT2D eigenvalue weighted by Gasteiger charge is 2.37. The molecule has 1 aromatic heterocycles. The number of Topliss-reactive ketones (excluding diaryl/α,β-unsaturated/α-hetero) is 1. The number of ketones is 1. The molecule has 1 atom stereocenters. The van der Waals surface area contributed by atoms with Gasteiger partial charge >= 0.3 is 0 Å². The van der Waals surface area contributed by atoms with Gasteiger partial charge in [0.2, 0.25) is 5.95 Å². The Kier molecular flexibility index (Phi) is 4.90. The monoisotopic (exact) mass is 436 g/mol. The average Bonchev–Trinajstić information content (AvgIpc) is 3.21. The van der Waals surface area contributed by atoms with Crippen LogP contribution in [0.15, 0.2) is 53.7 Å². The van der Waals surface area contributed by atoms with E-state index in [1.54, 1.807) is 18.9 Å². The number of halogens is 1. The molecule has 2 aromatic carbocycles. The van der Waals surface area contributed by atoms with E-state index in [-0.39, 0.29) is 5.78 Å². The predicted molar refractivity (Wildman–Crippen MR) is 118 cm³/mol. The number of hydrogen-bond acceptors (Lipinski definition) is 6. The SMILES string of the molecule is COc1ccc([C@H]2C3=C(CCCC3=O)Nc3nc(-c4cccc(Cl)c4)nn32)cc1OC. The average molecular weight is 437 g/mol. The topological polar surface area (TPSA) is 78.3 Å². The van der Waals surface area contributed by atoms with Crippen LogP contribution in [0.1, 0.15) is 30.9 Å². The fourth-order valence-corrected chi connectivity index (χ4v) is 4.43. The van der Waals surface area contributed by atoms with Crippen molar-refractivity contribution in [1.29, 1.82) is 0 Å². The highest BCUT2D eigenvalue weighted by molar-refractivity contribution is 6.30. The van der Waals surface area contributed by atoms with Crippen LogP contribution in [0.5, 0.6) is 11.5 Å². The summed E-state index contributed by atoms with van der Waals surface area (Å²) in [5.74, 6) is 2.49. The molecule has 5 rings (SSSR count). The van der Waals surface area contributed by atoms with E-state index >= 15 is 0 Å². The zero-order valence-corrected chi connectivity index (χ0v) is 17.9. The molecule has 0 bridgehead atoms. The van der Waals surface area contributed by atoms with Crippen molar-refractivity contribution < 1.29 is 14.3 Å². The minimum absolute atomic E-state index is 0.124. The van der Waals surface area contributed by atoms with Gasteiger partial charge in [-0.2, -0.15) is 4.98 Å². The van der Waals surface area contributed by atoms with E-state index in [4.69, 9.17) is 31.2 Å². The van der Waals surface area contributed by atoms with Crippen LogP contribution in [-0.2, 0) is 4.79 Å². The van der Waals surface area contributed by atoms with Gasteiger partial charge in [0.1, 0.15) is 6.04 Å². The van der Waals surface area contributed by atoms with Gasteiger partial charge in [-0.15, -0.1) is 5.10 Å². The summed E-state index contributed by atoms with van der Waals surface area (Å²) in [7, 11) is 3.19. The van der Waals surface area contributed by atoms with Gasteiger partial charge in [-0.3, -0.25) is 4.79 Å². The van der Waals surface area contributed by atoms with Crippen LogP contribution in [0.2, 0.25) is 5.02 Å². The number of nitrogens with zero attached hydrogens (tertiary/aromatic N) is 3. The molecule has 2 aliphatic rings. The molecule has 1 aliphatic heterocycles. The molecule has 0 spiro atoms. The number of fused-ring (bicyclic) bond motifs is 1. The number of aromatic nitrogens is 3. The standard InChI is InChI=1S/C23H21ClN4O3/c1-30-18-10-9-13(12-19(18)31-2)21-20-16(7-4-8-17(20)29)25-23-26-22(27-28(21)23)14-5-3-6-15(24)11-14/h3,5-6,9-12,21H,4,7-8H2,1-2H3,(H,25,26,27)/t21-/m0/s1. The summed E-state index contributed by atoms with van der Waals surface area (Å²) >= 11 is 6.17. The maximum atomic E-state index is 13.0. The van der Waals surface area contributed by atoms with Crippen LogP contribution in [0.25, 0.3) is 11.4 Å². The zero-order valence-electron chi connectivity index (χ0n) is 17.2. The van der Waals surface area contributed by atoms with E-state index in [1.807, 2.05) is 42.5 Å². The highest BCUT2D eigenvalue weighted by Crippen LogP contribution is 2.42. The fourth-order valence-electron chi connectivity index (χ4n) is 4.24. The van der Waals surface area contributed by atoms with Crippen LogP contribution in [0, 0.1) is 0 Å². The van der Waals surface area contributed by atoms with Crippen LogP contribution >= 0.6 is 11.6 Å². The first-order chi connectivity index (χ1) is 15.1. The van der Waals surface area contributed by atoms with Crippen molar-refractivity contribution in [3.63, 3.8) is 0 Å². The molecule has 158 valence electrons. The largest absolute Gasteiger partial charge is 0.493 e. The second kappa shape index (κ2) is 7.74. The summed E-state index contributed by atoms with van der Waals surface area (Å²) in [5, 5.41) is 8.73. The van der Waals surface area contributed by atoms with Gasteiger partial charge in [-0.1, -0.05) is 29.8 Å².